The molecule has 0 aromatic heterocycles. The number of unbranched alkanes of at least 4 members (excludes halogenated alkanes) is 5. The number of aliphatic hydroxyl groups excluding tert-OH is 2. The minimum absolute atomic E-state index is 0.0725. The Morgan fingerprint density at radius 3 is 2.28 bits per heavy atom. The molecule has 2 aromatic rings. The number of amides is 6. The van der Waals surface area contributed by atoms with Crippen molar-refractivity contribution >= 4 is 35.4 Å². The number of phenolic OH excluding ortho intramolecular Hbond substituents is 1. The molecule has 16 heteroatoms. The highest BCUT2D eigenvalue weighted by molar-refractivity contribution is 5.99. The molecule has 2 heterocycles. The molecule has 0 saturated carbocycles. The van der Waals surface area contributed by atoms with E-state index in [0.717, 1.165) is 29.7 Å². The monoisotopic (exact) mass is 836 g/mol. The largest absolute Gasteiger partial charge is 0.508 e. The highest BCUT2D eigenvalue weighted by atomic mass is 16.5. The van der Waals surface area contributed by atoms with E-state index in [1.54, 1.807) is 36.4 Å². The summed E-state index contributed by atoms with van der Waals surface area (Å²) in [5.41, 5.74) is 1.07. The molecule has 16 nitrogen and oxygen atoms in total. The summed E-state index contributed by atoms with van der Waals surface area (Å²) in [4.78, 5) is 82.5. The number of carbonyl (C=O) groups excluding carboxylic acids is 6. The third-order valence-corrected chi connectivity index (χ3v) is 10.8. The molecule has 0 bridgehead atoms. The minimum Gasteiger partial charge on any atom is -0.508 e. The van der Waals surface area contributed by atoms with Crippen LogP contribution in [-0.4, -0.2) is 118 Å². The average Bonchev–Trinajstić information content (AvgIpc) is 3.63. The smallest absolute Gasteiger partial charge is 0.251 e. The summed E-state index contributed by atoms with van der Waals surface area (Å²) in [5, 5.41) is 44.9. The highest BCUT2D eigenvalue weighted by Gasteiger charge is 2.44. The zero-order valence-corrected chi connectivity index (χ0v) is 35.0. The Balaban J connectivity index is 1.49. The molecule has 0 spiro atoms. The van der Waals surface area contributed by atoms with E-state index in [4.69, 9.17) is 4.74 Å². The van der Waals surface area contributed by atoms with Crippen LogP contribution in [0.15, 0.2) is 48.5 Å². The Morgan fingerprint density at radius 2 is 1.57 bits per heavy atom. The van der Waals surface area contributed by atoms with Crippen molar-refractivity contribution in [2.24, 2.45) is 0 Å². The first-order chi connectivity index (χ1) is 28.9. The molecule has 6 amide bonds. The van der Waals surface area contributed by atoms with E-state index in [0.29, 0.717) is 31.6 Å². The minimum atomic E-state index is -1.57. The van der Waals surface area contributed by atoms with E-state index in [2.05, 4.69) is 33.5 Å². The van der Waals surface area contributed by atoms with Gasteiger partial charge < -0.3 is 51.5 Å². The molecule has 2 aromatic carbocycles. The number of nitrogens with zero attached hydrogens (tertiary/aromatic N) is 1. The Labute approximate surface area is 352 Å². The normalized spacial score (nSPS) is 23.2. The first-order valence-electron chi connectivity index (χ1n) is 21.5. The maximum absolute atomic E-state index is 14.1. The van der Waals surface area contributed by atoms with Gasteiger partial charge in [0.15, 0.2) is 0 Å². The van der Waals surface area contributed by atoms with Crippen molar-refractivity contribution in [3.8, 4) is 11.5 Å². The lowest BCUT2D eigenvalue weighted by Gasteiger charge is -2.31. The maximum atomic E-state index is 14.1. The van der Waals surface area contributed by atoms with Gasteiger partial charge in [0.2, 0.25) is 29.5 Å². The number of rotatable bonds is 14. The van der Waals surface area contributed by atoms with Gasteiger partial charge in [-0.25, -0.2) is 0 Å². The van der Waals surface area contributed by atoms with Crippen molar-refractivity contribution < 1.29 is 48.8 Å². The summed E-state index contributed by atoms with van der Waals surface area (Å²) in [6, 6.07) is 7.96. The van der Waals surface area contributed by atoms with Crippen LogP contribution >= 0.6 is 0 Å². The van der Waals surface area contributed by atoms with Crippen molar-refractivity contribution in [2.45, 2.75) is 140 Å². The summed E-state index contributed by atoms with van der Waals surface area (Å²) < 4.78 is 5.84. The number of fused-ring (bicyclic) bond motifs is 1. The van der Waals surface area contributed by atoms with Crippen LogP contribution in [0, 0.1) is 0 Å². The first-order valence-corrected chi connectivity index (χ1v) is 21.5. The molecule has 2 aliphatic heterocycles. The zero-order chi connectivity index (χ0) is 43.4. The second kappa shape index (κ2) is 24.8. The molecular weight excluding hydrogens is 773 g/mol. The summed E-state index contributed by atoms with van der Waals surface area (Å²) in [5.74, 6) is -2.87. The predicted molar refractivity (Wildman–Crippen MR) is 224 cm³/mol. The van der Waals surface area contributed by atoms with Gasteiger partial charge in [0.1, 0.15) is 35.7 Å². The molecular formula is C44H64N6O10. The zero-order valence-electron chi connectivity index (χ0n) is 35.0. The topological polar surface area (TPSA) is 236 Å². The van der Waals surface area contributed by atoms with Crippen LogP contribution in [0.25, 0.3) is 0 Å². The predicted octanol–water partition coefficient (Wildman–Crippen LogP) is 2.37. The van der Waals surface area contributed by atoms with Gasteiger partial charge in [-0.3, -0.25) is 28.8 Å². The van der Waals surface area contributed by atoms with Crippen LogP contribution < -0.4 is 31.3 Å². The van der Waals surface area contributed by atoms with E-state index in [9.17, 15) is 44.1 Å². The molecule has 0 aliphatic carbocycles. The van der Waals surface area contributed by atoms with Crippen molar-refractivity contribution in [3.63, 3.8) is 0 Å². The summed E-state index contributed by atoms with van der Waals surface area (Å²) in [6.07, 6.45) is 6.12. The van der Waals surface area contributed by atoms with Crippen LogP contribution in [0.2, 0.25) is 0 Å². The van der Waals surface area contributed by atoms with Crippen LogP contribution in [-0.2, 0) is 30.4 Å². The third-order valence-electron chi connectivity index (χ3n) is 10.8. The maximum Gasteiger partial charge on any atom is 0.251 e. The van der Waals surface area contributed by atoms with Gasteiger partial charge in [-0.05, 0) is 93.8 Å². The van der Waals surface area contributed by atoms with Crippen molar-refractivity contribution in [1.29, 1.82) is 0 Å². The van der Waals surface area contributed by atoms with Gasteiger partial charge >= 0.3 is 0 Å². The van der Waals surface area contributed by atoms with Crippen molar-refractivity contribution in [1.82, 2.24) is 31.5 Å². The number of aromatic hydroxyl groups is 1. The summed E-state index contributed by atoms with van der Waals surface area (Å²) in [6.45, 7) is 4.21. The Kier molecular flexibility index (Phi) is 19.6. The Morgan fingerprint density at radius 1 is 0.867 bits per heavy atom. The van der Waals surface area contributed by atoms with Gasteiger partial charge in [-0.15, -0.1) is 0 Å². The van der Waals surface area contributed by atoms with Crippen LogP contribution in [0.1, 0.15) is 113 Å². The molecule has 0 radical (unpaired) electrons. The second-order valence-electron chi connectivity index (χ2n) is 15.8. The van der Waals surface area contributed by atoms with Crippen LogP contribution in [0.4, 0.5) is 0 Å². The fourth-order valence-corrected chi connectivity index (χ4v) is 7.29. The highest BCUT2D eigenvalue weighted by Crippen LogP contribution is 2.22. The molecule has 6 atom stereocenters. The second-order valence-corrected chi connectivity index (χ2v) is 15.8. The fourth-order valence-electron chi connectivity index (χ4n) is 7.29. The molecule has 4 rings (SSSR count). The number of aryl methyl sites for hydroxylation is 1. The number of hydrogen-bond donors (Lipinski definition) is 8. The number of ether oxygens (including phenoxy) is 1. The third kappa shape index (κ3) is 15.4. The fraction of sp³-hybridized carbons (Fsp3) is 0.591. The van der Waals surface area contributed by atoms with E-state index >= 15 is 0 Å². The number of phenols is 1. The lowest BCUT2D eigenvalue weighted by molar-refractivity contribution is -0.144. The van der Waals surface area contributed by atoms with Crippen LogP contribution in [0.3, 0.4) is 0 Å². The summed E-state index contributed by atoms with van der Waals surface area (Å²) in [7, 11) is 0. The Bertz CT molecular complexity index is 1710. The van der Waals surface area contributed by atoms with E-state index in [-0.39, 0.29) is 69.0 Å². The molecule has 2 aliphatic rings. The lowest BCUT2D eigenvalue weighted by atomic mass is 10.0. The number of aliphatic hydroxyl groups is 2. The number of nitrogens with one attached hydrogen (secondary N) is 5. The SMILES string of the molecule is CCCCCCCCOc1ccc(C(=O)NC2CCCNC(=O)CCCCNC(=O)[C@H](CCc3ccc(O)cc3)NC(=O)[C@@H]3C[C@@H](O)CN3C(=O)[C@H]([C@@H](C)O)NC2=O)cc1. The number of hydrogen-bond acceptors (Lipinski definition) is 10. The number of carbonyl (C=O) groups is 6. The summed E-state index contributed by atoms with van der Waals surface area (Å²) >= 11 is 0. The van der Waals surface area contributed by atoms with Gasteiger partial charge in [0.25, 0.3) is 5.91 Å². The van der Waals surface area contributed by atoms with Crippen LogP contribution in [0.5, 0.6) is 11.5 Å². The molecule has 60 heavy (non-hydrogen) atoms. The lowest BCUT2D eigenvalue weighted by Crippen LogP contribution is -2.60. The van der Waals surface area contributed by atoms with Crippen molar-refractivity contribution in [3.05, 3.63) is 59.7 Å². The van der Waals surface area contributed by atoms with Gasteiger partial charge in [0, 0.05) is 38.0 Å². The van der Waals surface area contributed by atoms with Gasteiger partial charge in [-0.2, -0.15) is 0 Å². The van der Waals surface area contributed by atoms with E-state index < -0.39 is 65.9 Å². The van der Waals surface area contributed by atoms with Crippen molar-refractivity contribution in [2.75, 3.05) is 26.2 Å². The van der Waals surface area contributed by atoms with E-state index in [1.807, 2.05) is 0 Å². The van der Waals surface area contributed by atoms with Gasteiger partial charge in [-0.1, -0.05) is 51.2 Å². The quantitative estimate of drug-likeness (QED) is 0.129. The molecule has 2 saturated heterocycles. The molecule has 2 fully saturated rings. The first kappa shape index (κ1) is 47.5. The average molecular weight is 837 g/mol. The molecule has 1 unspecified atom stereocenters. The molecule has 330 valence electrons. The van der Waals surface area contributed by atoms with Gasteiger partial charge in [0.05, 0.1) is 18.8 Å². The Hall–Kier alpha value is -5.22. The molecule has 8 N–H and O–H groups in total. The number of benzene rings is 2. The van der Waals surface area contributed by atoms with E-state index in [1.165, 1.54) is 38.3 Å². The standard InChI is InChI=1S/C44H64N6O10/c1-3-4-5-6-7-10-26-60-34-21-17-31(18-22-34)40(55)47-35-12-11-25-45-38(54)13-8-9-24-46-41(56)36(23-16-30-14-19-32(52)20-15-30)48-43(58)37-27-33(53)28-50(37)44(59)39(29(2)51)49-42(35)57/h14-15,17-22,29,33,35-37,39,51-53H,3-13,16,23-28H2,1-2H3,(H,45,54)(H,46,56)(H,47,55)(H,48,58)(H,49,57)/t29-,33-,35?,36+,37+,39+/m1/s1.